The Labute approximate surface area is 144 Å². The molecule has 1 aliphatic carbocycles. The van der Waals surface area contributed by atoms with E-state index in [4.69, 9.17) is 5.73 Å². The Balaban J connectivity index is 1.49. The number of nitrogen functional groups attached to an aromatic ring is 1. The molecule has 3 heteroatoms. The second-order valence-electron chi connectivity index (χ2n) is 6.99. The van der Waals surface area contributed by atoms with Gasteiger partial charge in [-0.05, 0) is 48.3 Å². The van der Waals surface area contributed by atoms with Crippen LogP contribution in [0.1, 0.15) is 36.8 Å². The minimum atomic E-state index is 0.123. The molecular formula is C21H26N2O. The Morgan fingerprint density at radius 3 is 2.42 bits per heavy atom. The van der Waals surface area contributed by atoms with Crippen molar-refractivity contribution in [1.82, 2.24) is 5.32 Å². The van der Waals surface area contributed by atoms with Crippen molar-refractivity contribution < 1.29 is 4.79 Å². The van der Waals surface area contributed by atoms with Crippen LogP contribution < -0.4 is 11.1 Å². The number of aryl methyl sites for hydroxylation is 1. The molecule has 3 nitrogen and oxygen atoms in total. The molecular weight excluding hydrogens is 296 g/mol. The normalized spacial score (nSPS) is 15.5. The van der Waals surface area contributed by atoms with Crippen LogP contribution in [0.5, 0.6) is 0 Å². The number of para-hydroxylation sites is 1. The average Bonchev–Trinajstić information content (AvgIpc) is 2.57. The number of nitrogens with one attached hydrogen (secondary N) is 1. The zero-order valence-corrected chi connectivity index (χ0v) is 14.1. The van der Waals surface area contributed by atoms with Crippen LogP contribution in [-0.4, -0.2) is 12.5 Å². The predicted octanol–water partition coefficient (Wildman–Crippen LogP) is 3.73. The van der Waals surface area contributed by atoms with Crippen LogP contribution in [0.15, 0.2) is 54.6 Å². The lowest BCUT2D eigenvalue weighted by atomic mass is 9.65. The van der Waals surface area contributed by atoms with E-state index in [1.165, 1.54) is 24.8 Å². The molecule has 2 aromatic rings. The first-order valence-corrected chi connectivity index (χ1v) is 8.81. The van der Waals surface area contributed by atoms with Gasteiger partial charge in [-0.2, -0.15) is 0 Å². The van der Waals surface area contributed by atoms with Crippen LogP contribution in [0.3, 0.4) is 0 Å². The van der Waals surface area contributed by atoms with Crippen molar-refractivity contribution in [3.8, 4) is 0 Å². The summed E-state index contributed by atoms with van der Waals surface area (Å²) in [5, 5.41) is 3.16. The van der Waals surface area contributed by atoms with Gasteiger partial charge in [-0.3, -0.25) is 4.79 Å². The summed E-state index contributed by atoms with van der Waals surface area (Å²) in [7, 11) is 0. The highest BCUT2D eigenvalue weighted by Crippen LogP contribution is 2.43. The zero-order chi connectivity index (χ0) is 16.8. The highest BCUT2D eigenvalue weighted by atomic mass is 16.1. The molecule has 0 spiro atoms. The number of carbonyl (C=O) groups excluding carboxylic acids is 1. The van der Waals surface area contributed by atoms with Gasteiger partial charge < -0.3 is 11.1 Å². The molecule has 1 saturated carbocycles. The number of hydrogen-bond acceptors (Lipinski definition) is 2. The summed E-state index contributed by atoms with van der Waals surface area (Å²) in [5.74, 6) is 0.123. The predicted molar refractivity (Wildman–Crippen MR) is 98.6 cm³/mol. The second kappa shape index (κ2) is 7.52. The van der Waals surface area contributed by atoms with Gasteiger partial charge in [0.05, 0.1) is 0 Å². The summed E-state index contributed by atoms with van der Waals surface area (Å²) in [6.45, 7) is 0.783. The molecule has 0 unspecified atom stereocenters. The number of hydrogen-bond donors (Lipinski definition) is 2. The van der Waals surface area contributed by atoms with Gasteiger partial charge in [0.2, 0.25) is 5.91 Å². The van der Waals surface area contributed by atoms with Gasteiger partial charge in [0.25, 0.3) is 0 Å². The van der Waals surface area contributed by atoms with Crippen molar-refractivity contribution in [3.63, 3.8) is 0 Å². The summed E-state index contributed by atoms with van der Waals surface area (Å²) >= 11 is 0. The summed E-state index contributed by atoms with van der Waals surface area (Å²) in [4.78, 5) is 12.2. The third-order valence-corrected chi connectivity index (χ3v) is 5.17. The maximum atomic E-state index is 12.2. The second-order valence-corrected chi connectivity index (χ2v) is 6.99. The Hall–Kier alpha value is -2.29. The van der Waals surface area contributed by atoms with Gasteiger partial charge in [-0.15, -0.1) is 0 Å². The lowest BCUT2D eigenvalue weighted by Crippen LogP contribution is -2.43. The van der Waals surface area contributed by atoms with Crippen molar-refractivity contribution in [1.29, 1.82) is 0 Å². The van der Waals surface area contributed by atoms with Crippen LogP contribution in [0.25, 0.3) is 0 Å². The SMILES string of the molecule is Nc1ccccc1CCC(=O)NCC1(Cc2ccccc2)CCC1. The van der Waals surface area contributed by atoms with Crippen LogP contribution in [0.4, 0.5) is 5.69 Å². The van der Waals surface area contributed by atoms with Crippen LogP contribution in [-0.2, 0) is 17.6 Å². The fourth-order valence-corrected chi connectivity index (χ4v) is 3.51. The van der Waals surface area contributed by atoms with E-state index in [1.54, 1.807) is 0 Å². The number of amides is 1. The zero-order valence-electron chi connectivity index (χ0n) is 14.1. The lowest BCUT2D eigenvalue weighted by Gasteiger charge is -2.42. The molecule has 0 heterocycles. The standard InChI is InChI=1S/C21H26N2O/c22-19-10-5-4-9-18(19)11-12-20(24)23-16-21(13-6-14-21)15-17-7-2-1-3-8-17/h1-5,7-10H,6,11-16,22H2,(H,23,24). The van der Waals surface area contributed by atoms with E-state index >= 15 is 0 Å². The van der Waals surface area contributed by atoms with Gasteiger partial charge in [-0.1, -0.05) is 55.0 Å². The molecule has 1 fully saturated rings. The molecule has 0 aromatic heterocycles. The first kappa shape index (κ1) is 16.6. The van der Waals surface area contributed by atoms with E-state index in [9.17, 15) is 4.79 Å². The van der Waals surface area contributed by atoms with E-state index in [0.717, 1.165) is 24.2 Å². The smallest absolute Gasteiger partial charge is 0.220 e. The van der Waals surface area contributed by atoms with Crippen molar-refractivity contribution in [2.24, 2.45) is 5.41 Å². The summed E-state index contributed by atoms with van der Waals surface area (Å²) in [6, 6.07) is 18.3. The van der Waals surface area contributed by atoms with Gasteiger partial charge >= 0.3 is 0 Å². The molecule has 0 radical (unpaired) electrons. The van der Waals surface area contributed by atoms with Crippen molar-refractivity contribution in [2.45, 2.75) is 38.5 Å². The minimum absolute atomic E-state index is 0.123. The molecule has 1 amide bonds. The van der Waals surface area contributed by atoms with Gasteiger partial charge in [0.15, 0.2) is 0 Å². The van der Waals surface area contributed by atoms with E-state index in [2.05, 4.69) is 29.6 Å². The largest absolute Gasteiger partial charge is 0.399 e. The molecule has 126 valence electrons. The number of rotatable bonds is 7. The number of anilines is 1. The van der Waals surface area contributed by atoms with Gasteiger partial charge in [0.1, 0.15) is 0 Å². The van der Waals surface area contributed by atoms with E-state index < -0.39 is 0 Å². The molecule has 24 heavy (non-hydrogen) atoms. The third-order valence-electron chi connectivity index (χ3n) is 5.17. The lowest BCUT2D eigenvalue weighted by molar-refractivity contribution is -0.121. The van der Waals surface area contributed by atoms with E-state index in [1.807, 2.05) is 30.3 Å². The number of benzene rings is 2. The Morgan fingerprint density at radius 2 is 1.75 bits per heavy atom. The van der Waals surface area contributed by atoms with Crippen molar-refractivity contribution in [3.05, 3.63) is 65.7 Å². The topological polar surface area (TPSA) is 55.1 Å². The number of nitrogens with two attached hydrogens (primary N) is 1. The minimum Gasteiger partial charge on any atom is -0.399 e. The summed E-state index contributed by atoms with van der Waals surface area (Å²) in [5.41, 5.74) is 9.37. The number of carbonyl (C=O) groups is 1. The van der Waals surface area contributed by atoms with Crippen molar-refractivity contribution in [2.75, 3.05) is 12.3 Å². The van der Waals surface area contributed by atoms with Crippen LogP contribution in [0.2, 0.25) is 0 Å². The first-order chi connectivity index (χ1) is 11.7. The first-order valence-electron chi connectivity index (χ1n) is 8.81. The molecule has 0 aliphatic heterocycles. The average molecular weight is 322 g/mol. The maximum Gasteiger partial charge on any atom is 0.220 e. The fourth-order valence-electron chi connectivity index (χ4n) is 3.51. The molecule has 0 bridgehead atoms. The maximum absolute atomic E-state index is 12.2. The summed E-state index contributed by atoms with van der Waals surface area (Å²) in [6.07, 6.45) is 5.92. The Kier molecular flexibility index (Phi) is 5.19. The highest BCUT2D eigenvalue weighted by molar-refractivity contribution is 5.76. The van der Waals surface area contributed by atoms with Gasteiger partial charge in [-0.25, -0.2) is 0 Å². The molecule has 2 aromatic carbocycles. The van der Waals surface area contributed by atoms with E-state index in [-0.39, 0.29) is 11.3 Å². The third kappa shape index (κ3) is 4.16. The molecule has 3 rings (SSSR count). The van der Waals surface area contributed by atoms with Crippen LogP contribution in [0, 0.1) is 5.41 Å². The molecule has 0 atom stereocenters. The Morgan fingerprint density at radius 1 is 1.04 bits per heavy atom. The molecule has 3 N–H and O–H groups in total. The monoisotopic (exact) mass is 322 g/mol. The Bertz CT molecular complexity index is 677. The highest BCUT2D eigenvalue weighted by Gasteiger charge is 2.37. The molecule has 1 aliphatic rings. The fraction of sp³-hybridized carbons (Fsp3) is 0.381. The van der Waals surface area contributed by atoms with Crippen molar-refractivity contribution >= 4 is 11.6 Å². The summed E-state index contributed by atoms with van der Waals surface area (Å²) < 4.78 is 0. The van der Waals surface area contributed by atoms with Crippen LogP contribution >= 0.6 is 0 Å². The molecule has 0 saturated heterocycles. The van der Waals surface area contributed by atoms with Gasteiger partial charge in [0, 0.05) is 18.7 Å². The van der Waals surface area contributed by atoms with E-state index in [0.29, 0.717) is 12.8 Å². The quantitative estimate of drug-likeness (QED) is 0.763.